The van der Waals surface area contributed by atoms with Crippen LogP contribution in [0.15, 0.2) is 18.5 Å². The lowest BCUT2D eigenvalue weighted by atomic mass is 10.2. The van der Waals surface area contributed by atoms with Crippen molar-refractivity contribution >= 4 is 22.7 Å². The molecule has 0 saturated carbocycles. The zero-order valence-corrected chi connectivity index (χ0v) is 15.8. The number of nitrogens with one attached hydrogen (secondary N) is 1. The highest BCUT2D eigenvalue weighted by Gasteiger charge is 2.23. The lowest BCUT2D eigenvalue weighted by Crippen LogP contribution is -2.07. The van der Waals surface area contributed by atoms with Crippen molar-refractivity contribution in [3.63, 3.8) is 0 Å². The number of aromatic nitrogens is 4. The average Bonchev–Trinajstić information content (AvgIpc) is 3.37. The van der Waals surface area contributed by atoms with E-state index in [1.54, 1.807) is 44.4 Å². The number of methoxy groups -OCH3 is 3. The van der Waals surface area contributed by atoms with E-state index in [-0.39, 0.29) is 12.2 Å². The molecule has 2 aromatic heterocycles. The molecular formula is C18H21N5O5. The number of hydrogen-bond donors (Lipinski definition) is 2. The van der Waals surface area contributed by atoms with Crippen molar-refractivity contribution in [3.05, 3.63) is 18.5 Å². The molecule has 1 aliphatic heterocycles. The van der Waals surface area contributed by atoms with Gasteiger partial charge in [0.25, 0.3) is 0 Å². The van der Waals surface area contributed by atoms with Crippen LogP contribution < -0.4 is 19.5 Å². The highest BCUT2D eigenvalue weighted by molar-refractivity contribution is 5.88. The van der Waals surface area contributed by atoms with Crippen LogP contribution in [-0.2, 0) is 4.74 Å². The average molecular weight is 387 g/mol. The van der Waals surface area contributed by atoms with Crippen LogP contribution in [0.5, 0.6) is 23.3 Å². The number of hydrogen-bond acceptors (Lipinski definition) is 9. The number of rotatable bonds is 6. The van der Waals surface area contributed by atoms with Gasteiger partial charge in [0.2, 0.25) is 0 Å². The molecule has 2 N–H and O–H groups in total. The lowest BCUT2D eigenvalue weighted by Gasteiger charge is -2.16. The Morgan fingerprint density at radius 2 is 1.89 bits per heavy atom. The fraction of sp³-hybridized carbons (Fsp3) is 0.389. The summed E-state index contributed by atoms with van der Waals surface area (Å²) in [4.78, 5) is 12.7. The van der Waals surface area contributed by atoms with Crippen molar-refractivity contribution in [1.82, 2.24) is 19.5 Å². The fourth-order valence-electron chi connectivity index (χ4n) is 3.23. The standard InChI is InChI=1S/C18H21N5O5/c1-25-10-7-11(26-2)14(12(8-10)27-3)20-16-15-17(22-18(24)21-16)23(9-19-15)13-5-4-6-28-13/h7-9,13H,4-6H2,1-3H3,(H2,20,21,22,24). The van der Waals surface area contributed by atoms with Gasteiger partial charge in [0, 0.05) is 18.7 Å². The smallest absolute Gasteiger partial charge is 0.318 e. The summed E-state index contributed by atoms with van der Waals surface area (Å²) in [6.07, 6.45) is 3.31. The molecule has 1 atom stereocenters. The van der Waals surface area contributed by atoms with Crippen LogP contribution in [0.4, 0.5) is 11.5 Å². The predicted octanol–water partition coefficient (Wildman–Crippen LogP) is 2.61. The first kappa shape index (κ1) is 18.1. The first-order valence-corrected chi connectivity index (χ1v) is 8.76. The van der Waals surface area contributed by atoms with Gasteiger partial charge in [-0.2, -0.15) is 9.97 Å². The van der Waals surface area contributed by atoms with Gasteiger partial charge in [-0.15, -0.1) is 0 Å². The zero-order valence-electron chi connectivity index (χ0n) is 15.8. The first-order chi connectivity index (χ1) is 13.6. The highest BCUT2D eigenvalue weighted by Crippen LogP contribution is 2.41. The Hall–Kier alpha value is -3.27. The van der Waals surface area contributed by atoms with Crippen LogP contribution >= 0.6 is 0 Å². The van der Waals surface area contributed by atoms with Gasteiger partial charge < -0.3 is 29.4 Å². The molecule has 0 radical (unpaired) electrons. The number of benzene rings is 1. The van der Waals surface area contributed by atoms with Crippen molar-refractivity contribution < 1.29 is 24.1 Å². The Bertz CT molecular complexity index is 974. The van der Waals surface area contributed by atoms with Gasteiger partial charge >= 0.3 is 6.01 Å². The Balaban J connectivity index is 1.80. The first-order valence-electron chi connectivity index (χ1n) is 8.76. The molecule has 1 fully saturated rings. The quantitative estimate of drug-likeness (QED) is 0.659. The summed E-state index contributed by atoms with van der Waals surface area (Å²) < 4.78 is 23.7. The van der Waals surface area contributed by atoms with E-state index in [9.17, 15) is 5.11 Å². The molecule has 0 amide bonds. The molecule has 1 aromatic carbocycles. The molecule has 10 heteroatoms. The fourth-order valence-corrected chi connectivity index (χ4v) is 3.23. The number of anilines is 2. The number of aromatic hydroxyl groups is 1. The largest absolute Gasteiger partial charge is 0.496 e. The minimum atomic E-state index is -0.374. The molecule has 10 nitrogen and oxygen atoms in total. The van der Waals surface area contributed by atoms with Gasteiger partial charge in [0.05, 0.1) is 27.7 Å². The summed E-state index contributed by atoms with van der Waals surface area (Å²) >= 11 is 0. The van der Waals surface area contributed by atoms with Gasteiger partial charge in [0.15, 0.2) is 17.0 Å². The lowest BCUT2D eigenvalue weighted by molar-refractivity contribution is 0.0592. The molecular weight excluding hydrogens is 366 g/mol. The summed E-state index contributed by atoms with van der Waals surface area (Å²) in [7, 11) is 4.64. The Labute approximate surface area is 161 Å². The maximum atomic E-state index is 10.1. The highest BCUT2D eigenvalue weighted by atomic mass is 16.5. The monoisotopic (exact) mass is 387 g/mol. The van der Waals surface area contributed by atoms with E-state index in [0.29, 0.717) is 46.5 Å². The van der Waals surface area contributed by atoms with E-state index in [1.807, 2.05) is 0 Å². The van der Waals surface area contributed by atoms with E-state index in [1.165, 1.54) is 0 Å². The number of imidazole rings is 1. The summed E-state index contributed by atoms with van der Waals surface area (Å²) in [6, 6.07) is 3.06. The second-order valence-electron chi connectivity index (χ2n) is 6.20. The van der Waals surface area contributed by atoms with Crippen LogP contribution in [-0.4, -0.2) is 52.6 Å². The van der Waals surface area contributed by atoms with Crippen molar-refractivity contribution in [1.29, 1.82) is 0 Å². The second-order valence-corrected chi connectivity index (χ2v) is 6.20. The Morgan fingerprint density at radius 1 is 1.14 bits per heavy atom. The molecule has 0 aliphatic carbocycles. The van der Waals surface area contributed by atoms with Crippen molar-refractivity contribution in [2.75, 3.05) is 33.3 Å². The predicted molar refractivity (Wildman–Crippen MR) is 101 cm³/mol. The van der Waals surface area contributed by atoms with Crippen LogP contribution in [0.25, 0.3) is 11.2 Å². The number of ether oxygens (including phenoxy) is 4. The molecule has 3 aromatic rings. The maximum Gasteiger partial charge on any atom is 0.318 e. The van der Waals surface area contributed by atoms with Crippen molar-refractivity contribution in [2.45, 2.75) is 19.1 Å². The maximum absolute atomic E-state index is 10.1. The normalized spacial score (nSPS) is 16.3. The minimum absolute atomic E-state index is 0.155. The van der Waals surface area contributed by atoms with Crippen LogP contribution in [0.3, 0.4) is 0 Å². The van der Waals surface area contributed by atoms with E-state index in [4.69, 9.17) is 18.9 Å². The Morgan fingerprint density at radius 3 is 2.50 bits per heavy atom. The molecule has 0 bridgehead atoms. The van der Waals surface area contributed by atoms with Gasteiger partial charge in [-0.25, -0.2) is 4.98 Å². The number of fused-ring (bicyclic) bond motifs is 1. The van der Waals surface area contributed by atoms with Crippen LogP contribution in [0.2, 0.25) is 0 Å². The second kappa shape index (κ2) is 7.39. The van der Waals surface area contributed by atoms with Crippen molar-refractivity contribution in [2.24, 2.45) is 0 Å². The zero-order chi connectivity index (χ0) is 19.7. The van der Waals surface area contributed by atoms with E-state index in [2.05, 4.69) is 20.3 Å². The summed E-state index contributed by atoms with van der Waals surface area (Å²) in [6.45, 7) is 0.687. The summed E-state index contributed by atoms with van der Waals surface area (Å²) in [5.74, 6) is 1.88. The molecule has 4 rings (SSSR count). The number of nitrogens with zero attached hydrogens (tertiary/aromatic N) is 4. The molecule has 28 heavy (non-hydrogen) atoms. The van der Waals surface area contributed by atoms with E-state index < -0.39 is 0 Å². The molecule has 1 aliphatic rings. The third kappa shape index (κ3) is 3.11. The molecule has 148 valence electrons. The van der Waals surface area contributed by atoms with Crippen LogP contribution in [0, 0.1) is 0 Å². The van der Waals surface area contributed by atoms with Gasteiger partial charge in [-0.1, -0.05) is 0 Å². The van der Waals surface area contributed by atoms with E-state index >= 15 is 0 Å². The molecule has 3 heterocycles. The van der Waals surface area contributed by atoms with Crippen LogP contribution in [0.1, 0.15) is 19.1 Å². The van der Waals surface area contributed by atoms with Crippen molar-refractivity contribution in [3.8, 4) is 23.3 Å². The third-order valence-corrected chi connectivity index (χ3v) is 4.58. The van der Waals surface area contributed by atoms with Gasteiger partial charge in [0.1, 0.15) is 29.2 Å². The summed E-state index contributed by atoms with van der Waals surface area (Å²) in [5.41, 5.74) is 1.50. The molecule has 1 saturated heterocycles. The third-order valence-electron chi connectivity index (χ3n) is 4.58. The molecule has 1 unspecified atom stereocenters. The topological polar surface area (TPSA) is 113 Å². The van der Waals surface area contributed by atoms with Gasteiger partial charge in [-0.3, -0.25) is 4.57 Å². The Kier molecular flexibility index (Phi) is 4.78. The minimum Gasteiger partial charge on any atom is -0.496 e. The van der Waals surface area contributed by atoms with E-state index in [0.717, 1.165) is 12.8 Å². The molecule has 0 spiro atoms. The SMILES string of the molecule is COc1cc(OC)c(Nc2nc(O)nc3c2ncn3C2CCCO2)c(OC)c1. The van der Waals surface area contributed by atoms with Gasteiger partial charge in [-0.05, 0) is 12.8 Å². The summed E-state index contributed by atoms with van der Waals surface area (Å²) in [5, 5.41) is 13.2.